The first-order valence-electron chi connectivity index (χ1n) is 11.5. The number of nitrogens with one attached hydrogen (secondary N) is 1. The van der Waals surface area contributed by atoms with Gasteiger partial charge in [0.15, 0.2) is 0 Å². The van der Waals surface area contributed by atoms with Crippen molar-refractivity contribution in [2.75, 3.05) is 29.4 Å². The molecule has 2 fully saturated rings. The third kappa shape index (κ3) is 3.05. The van der Waals surface area contributed by atoms with Crippen LogP contribution < -0.4 is 15.5 Å². The van der Waals surface area contributed by atoms with E-state index < -0.39 is 11.3 Å². The van der Waals surface area contributed by atoms with E-state index in [1.807, 2.05) is 24.3 Å². The molecule has 0 bridgehead atoms. The lowest BCUT2D eigenvalue weighted by atomic mass is 9.78. The Morgan fingerprint density at radius 3 is 2.68 bits per heavy atom. The first-order valence-corrected chi connectivity index (χ1v) is 11.5. The van der Waals surface area contributed by atoms with E-state index in [1.54, 1.807) is 17.0 Å². The molecule has 3 N–H and O–H groups in total. The van der Waals surface area contributed by atoms with Crippen LogP contribution in [0.3, 0.4) is 0 Å². The molecule has 0 radical (unpaired) electrons. The second-order valence-electron chi connectivity index (χ2n) is 9.27. The quantitative estimate of drug-likeness (QED) is 0.487. The van der Waals surface area contributed by atoms with Gasteiger partial charge < -0.3 is 20.5 Å². The zero-order valence-corrected chi connectivity index (χ0v) is 18.6. The summed E-state index contributed by atoms with van der Waals surface area (Å²) < 4.78 is 13.4. The number of nitrogens with two attached hydrogens (primary N) is 1. The van der Waals surface area contributed by atoms with E-state index in [2.05, 4.69) is 14.9 Å². The van der Waals surface area contributed by atoms with Crippen molar-refractivity contribution < 1.29 is 14.0 Å². The molecule has 1 unspecified atom stereocenters. The van der Waals surface area contributed by atoms with E-state index in [-0.39, 0.29) is 11.7 Å². The van der Waals surface area contributed by atoms with Gasteiger partial charge in [0.05, 0.1) is 21.9 Å². The monoisotopic (exact) mass is 457 g/mol. The maximum atomic E-state index is 13.6. The Morgan fingerprint density at radius 2 is 1.88 bits per heavy atom. The Kier molecular flexibility index (Phi) is 4.58. The molecule has 2 aromatic heterocycles. The number of rotatable bonds is 3. The number of aromatic nitrogens is 2. The van der Waals surface area contributed by atoms with Crippen LogP contribution in [0.2, 0.25) is 0 Å². The average molecular weight is 458 g/mol. The van der Waals surface area contributed by atoms with E-state index in [0.29, 0.717) is 24.2 Å². The van der Waals surface area contributed by atoms with Gasteiger partial charge in [0.1, 0.15) is 11.6 Å². The number of halogens is 1. The number of anilines is 2. The number of piperidine rings is 1. The molecule has 8 heteroatoms. The number of aromatic amines is 1. The SMILES string of the molecule is NC(=O)c1cnc(N2CCCC3(CCN(c4ccc(F)cc4)C3=O)C2)c2c1[nH]c1ccccc12. The summed E-state index contributed by atoms with van der Waals surface area (Å²) in [5, 5.41) is 1.82. The van der Waals surface area contributed by atoms with Crippen molar-refractivity contribution in [1.29, 1.82) is 0 Å². The first-order chi connectivity index (χ1) is 16.5. The summed E-state index contributed by atoms with van der Waals surface area (Å²) in [5.74, 6) is -0.0221. The van der Waals surface area contributed by atoms with Crippen molar-refractivity contribution in [3.05, 3.63) is 66.1 Å². The molecule has 172 valence electrons. The number of amides is 2. The fourth-order valence-electron chi connectivity index (χ4n) is 5.64. The zero-order valence-electron chi connectivity index (χ0n) is 18.6. The molecule has 0 aliphatic carbocycles. The predicted octanol–water partition coefficient (Wildman–Crippen LogP) is 3.98. The lowest BCUT2D eigenvalue weighted by Gasteiger charge is -2.40. The largest absolute Gasteiger partial charge is 0.365 e. The van der Waals surface area contributed by atoms with Crippen LogP contribution in [0.25, 0.3) is 21.8 Å². The number of primary amides is 1. The van der Waals surface area contributed by atoms with Gasteiger partial charge in [-0.05, 0) is 49.6 Å². The molecule has 2 aliphatic heterocycles. The summed E-state index contributed by atoms with van der Waals surface area (Å²) in [6, 6.07) is 13.9. The minimum absolute atomic E-state index is 0.0766. The van der Waals surface area contributed by atoms with Gasteiger partial charge in [-0.1, -0.05) is 18.2 Å². The Labute approximate surface area is 195 Å². The van der Waals surface area contributed by atoms with Crippen LogP contribution in [0, 0.1) is 11.2 Å². The number of carbonyl (C=O) groups excluding carboxylic acids is 2. The maximum absolute atomic E-state index is 13.6. The third-order valence-electron chi connectivity index (χ3n) is 7.31. The van der Waals surface area contributed by atoms with Crippen LogP contribution in [0.1, 0.15) is 29.6 Å². The highest BCUT2D eigenvalue weighted by Gasteiger charge is 2.49. The average Bonchev–Trinajstić information content (AvgIpc) is 3.37. The normalized spacial score (nSPS) is 20.7. The van der Waals surface area contributed by atoms with E-state index in [9.17, 15) is 14.0 Å². The molecule has 34 heavy (non-hydrogen) atoms. The van der Waals surface area contributed by atoms with Gasteiger partial charge in [-0.25, -0.2) is 9.37 Å². The lowest BCUT2D eigenvalue weighted by molar-refractivity contribution is -0.126. The van der Waals surface area contributed by atoms with Crippen LogP contribution in [-0.2, 0) is 4.79 Å². The Hall–Kier alpha value is -3.94. The molecule has 2 aromatic carbocycles. The van der Waals surface area contributed by atoms with E-state index >= 15 is 0 Å². The molecule has 7 nitrogen and oxygen atoms in total. The summed E-state index contributed by atoms with van der Waals surface area (Å²) >= 11 is 0. The third-order valence-corrected chi connectivity index (χ3v) is 7.31. The van der Waals surface area contributed by atoms with Crippen molar-refractivity contribution >= 4 is 45.1 Å². The van der Waals surface area contributed by atoms with Crippen LogP contribution in [0.4, 0.5) is 15.9 Å². The molecule has 4 heterocycles. The summed E-state index contributed by atoms with van der Waals surface area (Å²) in [6.45, 7) is 1.92. The van der Waals surface area contributed by atoms with Gasteiger partial charge in [-0.2, -0.15) is 0 Å². The number of carbonyl (C=O) groups is 2. The van der Waals surface area contributed by atoms with Gasteiger partial charge >= 0.3 is 0 Å². The second-order valence-corrected chi connectivity index (χ2v) is 9.27. The van der Waals surface area contributed by atoms with Crippen LogP contribution in [0.5, 0.6) is 0 Å². The molecular formula is C26H24FN5O2. The van der Waals surface area contributed by atoms with Crippen LogP contribution in [-0.4, -0.2) is 41.4 Å². The molecule has 6 rings (SSSR count). The molecule has 2 aliphatic rings. The standard InChI is InChI=1S/C26H24FN5O2/c27-16-6-8-17(9-7-16)32-13-11-26(25(32)34)10-3-12-31(15-26)24-21-18-4-1-2-5-20(18)30-22(21)19(14-29-24)23(28)33/h1-2,4-9,14,30H,3,10-13,15H2,(H2,28,33). The van der Waals surface area contributed by atoms with Crippen molar-refractivity contribution in [2.24, 2.45) is 11.1 Å². The van der Waals surface area contributed by atoms with Crippen molar-refractivity contribution in [2.45, 2.75) is 19.3 Å². The predicted molar refractivity (Wildman–Crippen MR) is 129 cm³/mol. The van der Waals surface area contributed by atoms with Gasteiger partial charge in [0.2, 0.25) is 5.91 Å². The fourth-order valence-corrected chi connectivity index (χ4v) is 5.64. The lowest BCUT2D eigenvalue weighted by Crippen LogP contribution is -2.48. The summed E-state index contributed by atoms with van der Waals surface area (Å²) in [4.78, 5) is 37.7. The number of nitrogens with zero attached hydrogens (tertiary/aromatic N) is 3. The van der Waals surface area contributed by atoms with Crippen LogP contribution in [0.15, 0.2) is 54.7 Å². The minimum atomic E-state index is -0.536. The maximum Gasteiger partial charge on any atom is 0.252 e. The van der Waals surface area contributed by atoms with Gasteiger partial charge in [-0.15, -0.1) is 0 Å². The molecule has 4 aromatic rings. The smallest absolute Gasteiger partial charge is 0.252 e. The topological polar surface area (TPSA) is 95.3 Å². The summed E-state index contributed by atoms with van der Waals surface area (Å²) in [6.07, 6.45) is 3.91. The fraction of sp³-hybridized carbons (Fsp3) is 0.269. The molecular weight excluding hydrogens is 433 g/mol. The number of pyridine rings is 1. The highest BCUT2D eigenvalue weighted by atomic mass is 19.1. The van der Waals surface area contributed by atoms with Crippen molar-refractivity contribution in [3.63, 3.8) is 0 Å². The van der Waals surface area contributed by atoms with Gasteiger partial charge in [0, 0.05) is 42.4 Å². The summed E-state index contributed by atoms with van der Waals surface area (Å²) in [5.41, 5.74) is 7.76. The number of hydrogen-bond acceptors (Lipinski definition) is 4. The van der Waals surface area contributed by atoms with Crippen molar-refractivity contribution in [3.8, 4) is 0 Å². The summed E-state index contributed by atoms with van der Waals surface area (Å²) in [7, 11) is 0. The number of benzene rings is 2. The second kappa shape index (κ2) is 7.55. The van der Waals surface area contributed by atoms with E-state index in [4.69, 9.17) is 5.73 Å². The molecule has 2 saturated heterocycles. The van der Waals surface area contributed by atoms with E-state index in [1.165, 1.54) is 18.3 Å². The first kappa shape index (κ1) is 20.7. The molecule has 1 spiro atoms. The zero-order chi connectivity index (χ0) is 23.4. The Balaban J connectivity index is 1.40. The number of fused-ring (bicyclic) bond motifs is 3. The number of H-pyrrole nitrogens is 1. The molecule has 0 saturated carbocycles. The molecule has 1 atom stereocenters. The van der Waals surface area contributed by atoms with Crippen LogP contribution >= 0.6 is 0 Å². The minimum Gasteiger partial charge on any atom is -0.365 e. The van der Waals surface area contributed by atoms with E-state index in [0.717, 1.165) is 53.6 Å². The Morgan fingerprint density at radius 1 is 1.09 bits per heavy atom. The van der Waals surface area contributed by atoms with Gasteiger partial charge in [0.25, 0.3) is 5.91 Å². The molecule has 2 amide bonds. The van der Waals surface area contributed by atoms with Gasteiger partial charge in [-0.3, -0.25) is 9.59 Å². The number of hydrogen-bond donors (Lipinski definition) is 2. The highest BCUT2D eigenvalue weighted by Crippen LogP contribution is 2.44. The number of para-hydroxylation sites is 1. The van der Waals surface area contributed by atoms with Crippen molar-refractivity contribution in [1.82, 2.24) is 9.97 Å². The Bertz CT molecular complexity index is 1450. The highest BCUT2D eigenvalue weighted by molar-refractivity contribution is 6.18.